The SMILES string of the molecule is Cc1[nH]nc2ncc(NC(=O)C(C)Oc3ccc(C#N)cc3)cc12. The summed E-state index contributed by atoms with van der Waals surface area (Å²) in [5.74, 6) is 0.234. The van der Waals surface area contributed by atoms with E-state index in [9.17, 15) is 4.79 Å². The number of rotatable bonds is 4. The first-order valence-corrected chi connectivity index (χ1v) is 7.35. The molecule has 0 spiro atoms. The third kappa shape index (κ3) is 3.17. The van der Waals surface area contributed by atoms with Crippen LogP contribution in [0.15, 0.2) is 36.5 Å². The summed E-state index contributed by atoms with van der Waals surface area (Å²) in [6, 6.07) is 10.4. The Bertz CT molecular complexity index is 924. The van der Waals surface area contributed by atoms with Crippen molar-refractivity contribution in [1.82, 2.24) is 15.2 Å². The van der Waals surface area contributed by atoms with Gasteiger partial charge in [-0.2, -0.15) is 10.4 Å². The Morgan fingerprint density at radius 2 is 2.12 bits per heavy atom. The predicted octanol–water partition coefficient (Wildman–Crippen LogP) is 2.54. The lowest BCUT2D eigenvalue weighted by atomic mass is 10.2. The van der Waals surface area contributed by atoms with Crippen molar-refractivity contribution in [2.75, 3.05) is 5.32 Å². The molecule has 0 aliphatic carbocycles. The van der Waals surface area contributed by atoms with Crippen LogP contribution < -0.4 is 10.1 Å². The number of pyridine rings is 1. The number of carbonyl (C=O) groups excluding carboxylic acids is 1. The zero-order chi connectivity index (χ0) is 17.1. The molecule has 0 bridgehead atoms. The van der Waals surface area contributed by atoms with Crippen molar-refractivity contribution in [2.24, 2.45) is 0 Å². The van der Waals surface area contributed by atoms with Gasteiger partial charge in [0, 0.05) is 11.1 Å². The maximum Gasteiger partial charge on any atom is 0.265 e. The third-order valence-corrected chi connectivity index (χ3v) is 3.53. The second-order valence-electron chi connectivity index (χ2n) is 5.33. The number of nitrogens with one attached hydrogen (secondary N) is 2. The number of hydrogen-bond donors (Lipinski definition) is 2. The van der Waals surface area contributed by atoms with Gasteiger partial charge in [-0.05, 0) is 44.2 Å². The molecular weight excluding hydrogens is 306 g/mol. The van der Waals surface area contributed by atoms with E-state index in [1.165, 1.54) is 0 Å². The molecule has 2 N–H and O–H groups in total. The molecule has 2 aromatic heterocycles. The minimum atomic E-state index is -0.695. The number of aromatic amines is 1. The van der Waals surface area contributed by atoms with Crippen LogP contribution in [0, 0.1) is 18.3 Å². The number of H-pyrrole nitrogens is 1. The van der Waals surface area contributed by atoms with Gasteiger partial charge in [0.15, 0.2) is 11.8 Å². The molecule has 24 heavy (non-hydrogen) atoms. The van der Waals surface area contributed by atoms with Crippen molar-refractivity contribution < 1.29 is 9.53 Å². The van der Waals surface area contributed by atoms with Crippen LogP contribution >= 0.6 is 0 Å². The van der Waals surface area contributed by atoms with Gasteiger partial charge in [0.05, 0.1) is 23.5 Å². The molecule has 1 amide bonds. The summed E-state index contributed by atoms with van der Waals surface area (Å²) in [6.07, 6.45) is 0.855. The second kappa shape index (κ2) is 6.38. The second-order valence-corrected chi connectivity index (χ2v) is 5.33. The van der Waals surface area contributed by atoms with Crippen LogP contribution in [0.4, 0.5) is 5.69 Å². The third-order valence-electron chi connectivity index (χ3n) is 3.53. The fourth-order valence-corrected chi connectivity index (χ4v) is 2.20. The number of aromatic nitrogens is 3. The van der Waals surface area contributed by atoms with Crippen molar-refractivity contribution in [3.8, 4) is 11.8 Å². The van der Waals surface area contributed by atoms with Gasteiger partial charge < -0.3 is 10.1 Å². The molecule has 0 aliphatic heterocycles. The maximum absolute atomic E-state index is 12.3. The van der Waals surface area contributed by atoms with Crippen LogP contribution in [-0.4, -0.2) is 27.2 Å². The van der Waals surface area contributed by atoms with Gasteiger partial charge in [0.2, 0.25) is 0 Å². The standard InChI is InChI=1S/C17H15N5O2/c1-10-15-7-13(9-19-16(15)22-21-10)20-17(23)11(2)24-14-5-3-12(8-18)4-6-14/h3-7,9,11H,1-2H3,(H,20,23)(H,19,21,22). The zero-order valence-corrected chi connectivity index (χ0v) is 13.2. The lowest BCUT2D eigenvalue weighted by molar-refractivity contribution is -0.122. The number of carbonyl (C=O) groups is 1. The van der Waals surface area contributed by atoms with E-state index in [2.05, 4.69) is 20.5 Å². The number of amides is 1. The monoisotopic (exact) mass is 321 g/mol. The quantitative estimate of drug-likeness (QED) is 0.768. The fourth-order valence-electron chi connectivity index (χ4n) is 2.20. The Hall–Kier alpha value is -3.40. The highest BCUT2D eigenvalue weighted by atomic mass is 16.5. The normalized spacial score (nSPS) is 11.7. The van der Waals surface area contributed by atoms with Crippen LogP contribution in [-0.2, 0) is 4.79 Å². The van der Waals surface area contributed by atoms with E-state index in [1.54, 1.807) is 37.4 Å². The number of nitriles is 1. The number of hydrogen-bond acceptors (Lipinski definition) is 5. The molecule has 0 saturated carbocycles. The molecule has 1 aromatic carbocycles. The Morgan fingerprint density at radius 3 is 2.83 bits per heavy atom. The summed E-state index contributed by atoms with van der Waals surface area (Å²) in [7, 11) is 0. The molecule has 2 heterocycles. The summed E-state index contributed by atoms with van der Waals surface area (Å²) in [5.41, 5.74) is 2.60. The van der Waals surface area contributed by atoms with Gasteiger partial charge in [0.1, 0.15) is 5.75 Å². The molecule has 120 valence electrons. The lowest BCUT2D eigenvalue weighted by Gasteiger charge is -2.14. The Balaban J connectivity index is 1.68. The summed E-state index contributed by atoms with van der Waals surface area (Å²) >= 11 is 0. The van der Waals surface area contributed by atoms with Crippen molar-refractivity contribution in [3.63, 3.8) is 0 Å². The fraction of sp³-hybridized carbons (Fsp3) is 0.176. The first-order valence-electron chi connectivity index (χ1n) is 7.35. The molecule has 3 aromatic rings. The highest BCUT2D eigenvalue weighted by molar-refractivity contribution is 5.95. The Morgan fingerprint density at radius 1 is 1.38 bits per heavy atom. The van der Waals surface area contributed by atoms with Gasteiger partial charge in [-0.1, -0.05) is 0 Å². The Labute approximate surface area is 138 Å². The molecule has 7 nitrogen and oxygen atoms in total. The van der Waals surface area contributed by atoms with E-state index in [0.29, 0.717) is 22.6 Å². The van der Waals surface area contributed by atoms with Gasteiger partial charge in [-0.25, -0.2) is 4.98 Å². The summed E-state index contributed by atoms with van der Waals surface area (Å²) in [5, 5.41) is 19.3. The predicted molar refractivity (Wildman–Crippen MR) is 88.5 cm³/mol. The number of fused-ring (bicyclic) bond motifs is 1. The number of aryl methyl sites for hydroxylation is 1. The molecule has 0 radical (unpaired) electrons. The van der Waals surface area contributed by atoms with Crippen molar-refractivity contribution >= 4 is 22.6 Å². The topological polar surface area (TPSA) is 104 Å². The van der Waals surface area contributed by atoms with Crippen molar-refractivity contribution in [2.45, 2.75) is 20.0 Å². The van der Waals surface area contributed by atoms with Crippen molar-refractivity contribution in [3.05, 3.63) is 47.8 Å². The lowest BCUT2D eigenvalue weighted by Crippen LogP contribution is -2.30. The van der Waals surface area contributed by atoms with Gasteiger partial charge in [-0.3, -0.25) is 9.89 Å². The summed E-state index contributed by atoms with van der Waals surface area (Å²) < 4.78 is 5.58. The molecule has 1 atom stereocenters. The van der Waals surface area contributed by atoms with Crippen LogP contribution in [0.3, 0.4) is 0 Å². The highest BCUT2D eigenvalue weighted by Gasteiger charge is 2.16. The van der Waals surface area contributed by atoms with Crippen molar-refractivity contribution in [1.29, 1.82) is 5.26 Å². The Kier molecular flexibility index (Phi) is 4.12. The van der Waals surface area contributed by atoms with E-state index in [-0.39, 0.29) is 5.91 Å². The minimum absolute atomic E-state index is 0.290. The largest absolute Gasteiger partial charge is 0.481 e. The van der Waals surface area contributed by atoms with Gasteiger partial charge in [-0.15, -0.1) is 0 Å². The van der Waals surface area contributed by atoms with Crippen LogP contribution in [0.25, 0.3) is 11.0 Å². The molecule has 3 rings (SSSR count). The van der Waals surface area contributed by atoms with Gasteiger partial charge >= 0.3 is 0 Å². The molecule has 7 heteroatoms. The first kappa shape index (κ1) is 15.5. The highest BCUT2D eigenvalue weighted by Crippen LogP contribution is 2.18. The minimum Gasteiger partial charge on any atom is -0.481 e. The van der Waals surface area contributed by atoms with Crippen LogP contribution in [0.2, 0.25) is 0 Å². The van der Waals surface area contributed by atoms with E-state index < -0.39 is 6.10 Å². The van der Waals surface area contributed by atoms with E-state index >= 15 is 0 Å². The molecule has 1 unspecified atom stereocenters. The molecule has 0 aliphatic rings. The average molecular weight is 321 g/mol. The van der Waals surface area contributed by atoms with E-state index in [4.69, 9.17) is 10.00 Å². The average Bonchev–Trinajstić information content (AvgIpc) is 2.96. The number of anilines is 1. The smallest absolute Gasteiger partial charge is 0.265 e. The van der Waals surface area contributed by atoms with Crippen LogP contribution in [0.1, 0.15) is 18.2 Å². The first-order chi connectivity index (χ1) is 11.6. The number of nitrogens with zero attached hydrogens (tertiary/aromatic N) is 3. The zero-order valence-electron chi connectivity index (χ0n) is 13.2. The molecule has 0 saturated heterocycles. The molecule has 0 fully saturated rings. The van der Waals surface area contributed by atoms with E-state index in [1.807, 2.05) is 19.1 Å². The van der Waals surface area contributed by atoms with E-state index in [0.717, 1.165) is 11.1 Å². The molecular formula is C17H15N5O2. The summed E-state index contributed by atoms with van der Waals surface area (Å²) in [4.78, 5) is 16.4. The van der Waals surface area contributed by atoms with Gasteiger partial charge in [0.25, 0.3) is 5.91 Å². The number of benzene rings is 1. The summed E-state index contributed by atoms with van der Waals surface area (Å²) in [6.45, 7) is 3.54. The van der Waals surface area contributed by atoms with Crippen LogP contribution in [0.5, 0.6) is 5.75 Å². The number of ether oxygens (including phenoxy) is 1. The maximum atomic E-state index is 12.3.